The van der Waals surface area contributed by atoms with Crippen molar-refractivity contribution in [3.05, 3.63) is 53.1 Å². The average Bonchev–Trinajstić information content (AvgIpc) is 2.81. The number of carbonyl (C=O) groups is 1. The standard InChI is InChI=1S/C23H25F2N3O3S/c1-30-15-10-13-8-9-27-22(21(13)20(12-15)31-2)18-4-3-5-19(23(27)29)28(18)32-26-14-6-7-16(24)17(25)11-14/h6-7,10-12,18-19,22,26H,3-5,8-9H2,1-2H3. The number of hydrogen-bond acceptors (Lipinski definition) is 6. The van der Waals surface area contributed by atoms with Crippen LogP contribution in [-0.2, 0) is 11.2 Å². The van der Waals surface area contributed by atoms with Gasteiger partial charge in [0.15, 0.2) is 11.6 Å². The Morgan fingerprint density at radius 1 is 1.09 bits per heavy atom. The second kappa shape index (κ2) is 8.44. The first kappa shape index (κ1) is 21.3. The van der Waals surface area contributed by atoms with Crippen molar-refractivity contribution in [2.75, 3.05) is 25.5 Å². The van der Waals surface area contributed by atoms with E-state index in [-0.39, 0.29) is 24.0 Å². The Morgan fingerprint density at radius 2 is 1.94 bits per heavy atom. The normalized spacial score (nSPS) is 24.6. The van der Waals surface area contributed by atoms with E-state index in [0.717, 1.165) is 60.4 Å². The van der Waals surface area contributed by atoms with Gasteiger partial charge in [-0.05, 0) is 49.4 Å². The number of methoxy groups -OCH3 is 2. The number of halogens is 2. The Kier molecular flexibility index (Phi) is 5.63. The van der Waals surface area contributed by atoms with Crippen molar-refractivity contribution in [2.24, 2.45) is 0 Å². The summed E-state index contributed by atoms with van der Waals surface area (Å²) in [6.45, 7) is 0.662. The van der Waals surface area contributed by atoms with Crippen molar-refractivity contribution in [2.45, 2.75) is 43.8 Å². The highest BCUT2D eigenvalue weighted by molar-refractivity contribution is 7.98. The van der Waals surface area contributed by atoms with Gasteiger partial charge in [-0.15, -0.1) is 0 Å². The number of amides is 1. The van der Waals surface area contributed by atoms with E-state index in [1.54, 1.807) is 14.2 Å². The molecule has 1 amide bonds. The SMILES string of the molecule is COc1cc2c(c(OC)c1)C1C3CCCC(C(=O)N1CC2)N3SNc1ccc(F)c(F)c1. The predicted octanol–water partition coefficient (Wildman–Crippen LogP) is 4.32. The summed E-state index contributed by atoms with van der Waals surface area (Å²) in [6, 6.07) is 7.30. The van der Waals surface area contributed by atoms with E-state index in [1.165, 1.54) is 18.2 Å². The van der Waals surface area contributed by atoms with Gasteiger partial charge in [-0.3, -0.25) is 4.79 Å². The number of anilines is 1. The molecule has 0 radical (unpaired) electrons. The summed E-state index contributed by atoms with van der Waals surface area (Å²) in [5, 5.41) is 0. The second-order valence-corrected chi connectivity index (χ2v) is 9.13. The van der Waals surface area contributed by atoms with Crippen LogP contribution in [0.15, 0.2) is 30.3 Å². The van der Waals surface area contributed by atoms with E-state index in [0.29, 0.717) is 12.2 Å². The molecular weight excluding hydrogens is 436 g/mol. The van der Waals surface area contributed by atoms with E-state index in [2.05, 4.69) is 9.03 Å². The van der Waals surface area contributed by atoms with Gasteiger partial charge in [0.05, 0.1) is 20.3 Å². The molecule has 2 bridgehead atoms. The highest BCUT2D eigenvalue weighted by Crippen LogP contribution is 2.50. The Labute approximate surface area is 190 Å². The van der Waals surface area contributed by atoms with E-state index >= 15 is 0 Å². The van der Waals surface area contributed by atoms with Gasteiger partial charge < -0.3 is 19.1 Å². The number of hydrogen-bond donors (Lipinski definition) is 1. The lowest BCUT2D eigenvalue weighted by molar-refractivity contribution is -0.149. The van der Waals surface area contributed by atoms with Gasteiger partial charge in [0, 0.05) is 48.1 Å². The molecule has 0 aliphatic carbocycles. The number of rotatable bonds is 5. The van der Waals surface area contributed by atoms with Crippen molar-refractivity contribution in [3.63, 3.8) is 0 Å². The molecule has 3 unspecified atom stereocenters. The molecule has 32 heavy (non-hydrogen) atoms. The first-order valence-electron chi connectivity index (χ1n) is 10.7. The molecule has 0 saturated carbocycles. The molecule has 2 aromatic carbocycles. The van der Waals surface area contributed by atoms with Gasteiger partial charge in [0.2, 0.25) is 5.91 Å². The van der Waals surface area contributed by atoms with Crippen LogP contribution >= 0.6 is 12.1 Å². The van der Waals surface area contributed by atoms with Gasteiger partial charge in [-0.1, -0.05) is 0 Å². The van der Waals surface area contributed by atoms with Crippen molar-refractivity contribution >= 4 is 23.7 Å². The molecule has 2 aromatic rings. The highest BCUT2D eigenvalue weighted by atomic mass is 32.2. The summed E-state index contributed by atoms with van der Waals surface area (Å²) in [5.41, 5.74) is 2.63. The number of ether oxygens (including phenoxy) is 2. The number of piperidine rings is 1. The largest absolute Gasteiger partial charge is 0.497 e. The third kappa shape index (κ3) is 3.47. The van der Waals surface area contributed by atoms with Crippen LogP contribution in [0.25, 0.3) is 0 Å². The van der Waals surface area contributed by atoms with Gasteiger partial charge in [-0.25, -0.2) is 13.1 Å². The van der Waals surface area contributed by atoms with Gasteiger partial charge >= 0.3 is 0 Å². The minimum atomic E-state index is -0.906. The monoisotopic (exact) mass is 461 g/mol. The summed E-state index contributed by atoms with van der Waals surface area (Å²) >= 11 is 1.29. The number of nitrogens with one attached hydrogen (secondary N) is 1. The Hall–Kier alpha value is -2.52. The third-order valence-corrected chi connectivity index (χ3v) is 7.71. The predicted molar refractivity (Wildman–Crippen MR) is 119 cm³/mol. The quantitative estimate of drug-likeness (QED) is 0.670. The molecule has 0 spiro atoms. The Morgan fingerprint density at radius 3 is 2.69 bits per heavy atom. The molecule has 2 saturated heterocycles. The maximum absolute atomic E-state index is 13.6. The van der Waals surface area contributed by atoms with Crippen LogP contribution in [0.3, 0.4) is 0 Å². The molecule has 5 rings (SSSR count). The van der Waals surface area contributed by atoms with E-state index in [4.69, 9.17) is 9.47 Å². The van der Waals surface area contributed by atoms with Crippen molar-refractivity contribution < 1.29 is 23.0 Å². The van der Waals surface area contributed by atoms with E-state index < -0.39 is 11.6 Å². The van der Waals surface area contributed by atoms with Crippen molar-refractivity contribution in [1.82, 2.24) is 9.21 Å². The number of nitrogens with zero attached hydrogens (tertiary/aromatic N) is 2. The molecule has 0 aromatic heterocycles. The molecular formula is C23H25F2N3O3S. The minimum Gasteiger partial charge on any atom is -0.497 e. The smallest absolute Gasteiger partial charge is 0.241 e. The maximum Gasteiger partial charge on any atom is 0.241 e. The number of carbonyl (C=O) groups excluding carboxylic acids is 1. The number of benzene rings is 2. The molecule has 3 aliphatic heterocycles. The fourth-order valence-corrected chi connectivity index (χ4v) is 6.21. The van der Waals surface area contributed by atoms with Gasteiger partial charge in [0.25, 0.3) is 0 Å². The zero-order chi connectivity index (χ0) is 22.4. The summed E-state index contributed by atoms with van der Waals surface area (Å²) in [5.74, 6) is -0.221. The summed E-state index contributed by atoms with van der Waals surface area (Å²) < 4.78 is 43.3. The molecule has 3 aliphatic rings. The topological polar surface area (TPSA) is 54.0 Å². The second-order valence-electron chi connectivity index (χ2n) is 8.33. The molecule has 2 fully saturated rings. The van der Waals surface area contributed by atoms with Gasteiger partial charge in [0.1, 0.15) is 17.5 Å². The molecule has 1 N–H and O–H groups in total. The van der Waals surface area contributed by atoms with Crippen LogP contribution in [0.2, 0.25) is 0 Å². The third-order valence-electron chi connectivity index (χ3n) is 6.64. The summed E-state index contributed by atoms with van der Waals surface area (Å²) in [6.07, 6.45) is 3.41. The summed E-state index contributed by atoms with van der Waals surface area (Å²) in [7, 11) is 3.27. The van der Waals surface area contributed by atoms with Crippen molar-refractivity contribution in [3.8, 4) is 11.5 Å². The molecule has 170 valence electrons. The first-order valence-corrected chi connectivity index (χ1v) is 11.5. The van der Waals surface area contributed by atoms with Crippen LogP contribution in [0, 0.1) is 11.6 Å². The lowest BCUT2D eigenvalue weighted by atomic mass is 9.79. The lowest BCUT2D eigenvalue weighted by Crippen LogP contribution is -2.64. The molecule has 3 atom stereocenters. The van der Waals surface area contributed by atoms with Crippen LogP contribution in [-0.4, -0.2) is 48.0 Å². The molecule has 6 nitrogen and oxygen atoms in total. The lowest BCUT2D eigenvalue weighted by Gasteiger charge is -2.54. The number of piperazine rings is 1. The zero-order valence-corrected chi connectivity index (χ0v) is 18.8. The molecule has 3 heterocycles. The zero-order valence-electron chi connectivity index (χ0n) is 17.9. The van der Waals surface area contributed by atoms with Crippen LogP contribution in [0.4, 0.5) is 14.5 Å². The fraction of sp³-hybridized carbons (Fsp3) is 0.435. The average molecular weight is 462 g/mol. The van der Waals surface area contributed by atoms with E-state index in [1.807, 2.05) is 17.0 Å². The maximum atomic E-state index is 13.6. The first-order chi connectivity index (χ1) is 15.5. The van der Waals surface area contributed by atoms with Crippen LogP contribution in [0.1, 0.15) is 36.4 Å². The summed E-state index contributed by atoms with van der Waals surface area (Å²) in [4.78, 5) is 15.5. The van der Waals surface area contributed by atoms with Crippen LogP contribution in [0.5, 0.6) is 11.5 Å². The Bertz CT molecular complexity index is 1040. The minimum absolute atomic E-state index is 0.0654. The van der Waals surface area contributed by atoms with Gasteiger partial charge in [-0.2, -0.15) is 0 Å². The highest BCUT2D eigenvalue weighted by Gasteiger charge is 2.52. The molecule has 9 heteroatoms. The number of fused-ring (bicyclic) bond motifs is 6. The Balaban J connectivity index is 1.49. The fourth-order valence-electron chi connectivity index (χ4n) is 5.19. The van der Waals surface area contributed by atoms with Crippen molar-refractivity contribution in [1.29, 1.82) is 0 Å². The van der Waals surface area contributed by atoms with E-state index in [9.17, 15) is 13.6 Å². The van der Waals surface area contributed by atoms with Crippen LogP contribution < -0.4 is 14.2 Å².